The van der Waals surface area contributed by atoms with Crippen molar-refractivity contribution in [3.63, 3.8) is 0 Å². The van der Waals surface area contributed by atoms with Gasteiger partial charge in [0, 0.05) is 22.4 Å². The van der Waals surface area contributed by atoms with Gasteiger partial charge in [0.15, 0.2) is 5.82 Å². The third kappa shape index (κ3) is 3.38. The summed E-state index contributed by atoms with van der Waals surface area (Å²) in [6, 6.07) is 3.58. The Labute approximate surface area is 113 Å². The number of anilines is 1. The molecule has 0 spiro atoms. The Balaban J connectivity index is 2.08. The molecule has 0 bridgehead atoms. The van der Waals surface area contributed by atoms with Gasteiger partial charge in [-0.25, -0.2) is 15.8 Å². The number of nitrogens with two attached hydrogens (primary N) is 1. The summed E-state index contributed by atoms with van der Waals surface area (Å²) in [6.45, 7) is 2.13. The molecule has 0 aromatic carbocycles. The molecule has 0 saturated heterocycles. The molecule has 0 unspecified atom stereocenters. The Morgan fingerprint density at radius 3 is 2.89 bits per heavy atom. The lowest BCUT2D eigenvalue weighted by molar-refractivity contribution is 0.294. The highest BCUT2D eigenvalue weighted by molar-refractivity contribution is 9.10. The third-order valence-electron chi connectivity index (χ3n) is 2.10. The van der Waals surface area contributed by atoms with E-state index in [1.54, 1.807) is 18.5 Å². The highest BCUT2D eigenvalue weighted by atomic mass is 79.9. The van der Waals surface area contributed by atoms with Crippen LogP contribution in [0.1, 0.15) is 11.5 Å². The van der Waals surface area contributed by atoms with Crippen molar-refractivity contribution in [2.24, 2.45) is 5.84 Å². The van der Waals surface area contributed by atoms with Crippen molar-refractivity contribution >= 4 is 21.7 Å². The van der Waals surface area contributed by atoms with Crippen molar-refractivity contribution in [2.45, 2.75) is 13.5 Å². The molecule has 6 nitrogen and oxygen atoms in total. The predicted octanol–water partition coefficient (Wildman–Crippen LogP) is 1.81. The molecular formula is C11H12BrN5O. The molecule has 0 aliphatic rings. The molecule has 0 aliphatic heterocycles. The van der Waals surface area contributed by atoms with Crippen LogP contribution in [0.15, 0.2) is 29.0 Å². The van der Waals surface area contributed by atoms with E-state index in [1.807, 2.05) is 13.0 Å². The zero-order chi connectivity index (χ0) is 13.0. The normalized spacial score (nSPS) is 10.2. The fourth-order valence-corrected chi connectivity index (χ4v) is 1.73. The minimum atomic E-state index is 0.258. The first-order valence-corrected chi connectivity index (χ1v) is 6.01. The summed E-state index contributed by atoms with van der Waals surface area (Å²) in [5.41, 5.74) is 3.31. The lowest BCUT2D eigenvalue weighted by atomic mass is 10.4. The van der Waals surface area contributed by atoms with Crippen LogP contribution in [0.3, 0.4) is 0 Å². The summed E-state index contributed by atoms with van der Waals surface area (Å²) in [5, 5.41) is 0. The van der Waals surface area contributed by atoms with Gasteiger partial charge in [-0.1, -0.05) is 0 Å². The number of halogens is 1. The molecule has 94 valence electrons. The van der Waals surface area contributed by atoms with Gasteiger partial charge in [-0.15, -0.1) is 0 Å². The SMILES string of the molecule is Cc1cc(NN)nc(COc2cncc(Br)c2)n1. The van der Waals surface area contributed by atoms with Gasteiger partial charge in [-0.05, 0) is 28.9 Å². The summed E-state index contributed by atoms with van der Waals surface area (Å²) in [5.74, 6) is 7.09. The van der Waals surface area contributed by atoms with Crippen LogP contribution >= 0.6 is 15.9 Å². The van der Waals surface area contributed by atoms with E-state index in [-0.39, 0.29) is 6.61 Å². The van der Waals surface area contributed by atoms with Gasteiger partial charge >= 0.3 is 0 Å². The van der Waals surface area contributed by atoms with Gasteiger partial charge in [0.25, 0.3) is 0 Å². The van der Waals surface area contributed by atoms with E-state index in [1.165, 1.54) is 0 Å². The second kappa shape index (κ2) is 5.74. The summed E-state index contributed by atoms with van der Waals surface area (Å²) in [6.07, 6.45) is 3.31. The summed E-state index contributed by atoms with van der Waals surface area (Å²) in [7, 11) is 0. The third-order valence-corrected chi connectivity index (χ3v) is 2.53. The van der Waals surface area contributed by atoms with E-state index >= 15 is 0 Å². The standard InChI is InChI=1S/C11H12BrN5O/c1-7-2-10(17-13)16-11(15-7)6-18-9-3-8(12)4-14-5-9/h2-5H,6,13H2,1H3,(H,15,16,17). The first kappa shape index (κ1) is 12.7. The molecule has 0 radical (unpaired) electrons. The molecule has 2 rings (SSSR count). The van der Waals surface area contributed by atoms with Gasteiger partial charge in [-0.3, -0.25) is 4.98 Å². The average Bonchev–Trinajstić information content (AvgIpc) is 2.36. The molecule has 0 saturated carbocycles. The number of hydrogen-bond acceptors (Lipinski definition) is 6. The van der Waals surface area contributed by atoms with Crippen LogP contribution < -0.4 is 16.0 Å². The van der Waals surface area contributed by atoms with Crippen LogP contribution in [-0.4, -0.2) is 15.0 Å². The Bertz CT molecular complexity index is 549. The second-order valence-electron chi connectivity index (χ2n) is 3.58. The number of nitrogens with zero attached hydrogens (tertiary/aromatic N) is 3. The summed E-state index contributed by atoms with van der Waals surface area (Å²) < 4.78 is 6.40. The zero-order valence-corrected chi connectivity index (χ0v) is 11.3. The lowest BCUT2D eigenvalue weighted by Gasteiger charge is -2.07. The van der Waals surface area contributed by atoms with E-state index in [2.05, 4.69) is 36.3 Å². The Morgan fingerprint density at radius 2 is 2.17 bits per heavy atom. The average molecular weight is 310 g/mol. The van der Waals surface area contributed by atoms with Gasteiger partial charge < -0.3 is 10.2 Å². The fraction of sp³-hybridized carbons (Fsp3) is 0.182. The largest absolute Gasteiger partial charge is 0.484 e. The van der Waals surface area contributed by atoms with Crippen LogP contribution in [0.5, 0.6) is 5.75 Å². The van der Waals surface area contributed by atoms with Crippen LogP contribution in [-0.2, 0) is 6.61 Å². The van der Waals surface area contributed by atoms with Crippen LogP contribution in [0.2, 0.25) is 0 Å². The summed E-state index contributed by atoms with van der Waals surface area (Å²) >= 11 is 3.32. The van der Waals surface area contributed by atoms with Gasteiger partial charge in [-0.2, -0.15) is 0 Å². The van der Waals surface area contributed by atoms with Crippen LogP contribution in [0, 0.1) is 6.92 Å². The number of aromatic nitrogens is 3. The van der Waals surface area contributed by atoms with Crippen molar-refractivity contribution in [3.8, 4) is 5.75 Å². The maximum Gasteiger partial charge on any atom is 0.168 e. The number of ether oxygens (including phenoxy) is 1. The van der Waals surface area contributed by atoms with Crippen molar-refractivity contribution in [1.82, 2.24) is 15.0 Å². The predicted molar refractivity (Wildman–Crippen MR) is 70.8 cm³/mol. The number of hydrazine groups is 1. The second-order valence-corrected chi connectivity index (χ2v) is 4.50. The highest BCUT2D eigenvalue weighted by Gasteiger charge is 2.03. The quantitative estimate of drug-likeness (QED) is 0.661. The molecule has 0 amide bonds. The van der Waals surface area contributed by atoms with E-state index in [0.29, 0.717) is 17.4 Å². The molecule has 2 heterocycles. The number of aryl methyl sites for hydroxylation is 1. The minimum Gasteiger partial charge on any atom is -0.484 e. The summed E-state index contributed by atoms with van der Waals surface area (Å²) in [4.78, 5) is 12.4. The topological polar surface area (TPSA) is 86.0 Å². The van der Waals surface area contributed by atoms with Crippen LogP contribution in [0.25, 0.3) is 0 Å². The molecule has 7 heteroatoms. The molecular weight excluding hydrogens is 298 g/mol. The maximum atomic E-state index is 5.54. The lowest BCUT2D eigenvalue weighted by Crippen LogP contribution is -2.12. The minimum absolute atomic E-state index is 0.258. The fourth-order valence-electron chi connectivity index (χ4n) is 1.39. The number of nitrogen functional groups attached to an aromatic ring is 1. The highest BCUT2D eigenvalue weighted by Crippen LogP contribution is 2.16. The van der Waals surface area contributed by atoms with Gasteiger partial charge in [0.1, 0.15) is 18.2 Å². The van der Waals surface area contributed by atoms with E-state index in [9.17, 15) is 0 Å². The van der Waals surface area contributed by atoms with E-state index in [0.717, 1.165) is 10.2 Å². The van der Waals surface area contributed by atoms with Crippen molar-refractivity contribution in [1.29, 1.82) is 0 Å². The van der Waals surface area contributed by atoms with Crippen molar-refractivity contribution in [2.75, 3.05) is 5.43 Å². The van der Waals surface area contributed by atoms with Crippen molar-refractivity contribution in [3.05, 3.63) is 40.5 Å². The van der Waals surface area contributed by atoms with Crippen molar-refractivity contribution < 1.29 is 4.74 Å². The Hall–Kier alpha value is -1.73. The number of hydrogen-bond donors (Lipinski definition) is 2. The number of rotatable bonds is 4. The van der Waals surface area contributed by atoms with E-state index in [4.69, 9.17) is 10.6 Å². The first-order chi connectivity index (χ1) is 8.67. The molecule has 3 N–H and O–H groups in total. The number of nitrogens with one attached hydrogen (secondary N) is 1. The first-order valence-electron chi connectivity index (χ1n) is 5.22. The molecule has 0 atom stereocenters. The zero-order valence-electron chi connectivity index (χ0n) is 9.72. The smallest absolute Gasteiger partial charge is 0.168 e. The monoisotopic (exact) mass is 309 g/mol. The molecule has 0 aliphatic carbocycles. The molecule has 0 fully saturated rings. The molecule has 18 heavy (non-hydrogen) atoms. The molecule has 2 aromatic heterocycles. The van der Waals surface area contributed by atoms with Crippen LogP contribution in [0.4, 0.5) is 5.82 Å². The Kier molecular flexibility index (Phi) is 4.06. The van der Waals surface area contributed by atoms with Gasteiger partial charge in [0.05, 0.1) is 6.20 Å². The molecule has 2 aromatic rings. The number of pyridine rings is 1. The van der Waals surface area contributed by atoms with Gasteiger partial charge in [0.2, 0.25) is 0 Å². The Morgan fingerprint density at radius 1 is 1.33 bits per heavy atom. The van der Waals surface area contributed by atoms with E-state index < -0.39 is 0 Å². The maximum absolute atomic E-state index is 5.54.